The molecule has 0 fully saturated rings. The van der Waals surface area contributed by atoms with E-state index in [1.165, 1.54) is 22.7 Å². The van der Waals surface area contributed by atoms with Crippen molar-refractivity contribution in [1.82, 2.24) is 4.57 Å². The van der Waals surface area contributed by atoms with E-state index >= 15 is 0 Å². The average Bonchev–Trinajstić information content (AvgIpc) is 3.28. The summed E-state index contributed by atoms with van der Waals surface area (Å²) in [6, 6.07) is 7.48. The van der Waals surface area contributed by atoms with Gasteiger partial charge in [-0.25, -0.2) is 0 Å². The first kappa shape index (κ1) is 18.7. The first-order valence-corrected chi connectivity index (χ1v) is 10.5. The highest BCUT2D eigenvalue weighted by atomic mass is 32.1. The Labute approximate surface area is 168 Å². The van der Waals surface area contributed by atoms with Crippen LogP contribution in [-0.2, 0) is 27.3 Å². The van der Waals surface area contributed by atoms with Crippen molar-refractivity contribution in [1.29, 1.82) is 0 Å². The summed E-state index contributed by atoms with van der Waals surface area (Å²) in [6.07, 6.45) is 0.230. The molecule has 3 aromatic rings. The van der Waals surface area contributed by atoms with Gasteiger partial charge in [-0.05, 0) is 18.4 Å². The van der Waals surface area contributed by atoms with Crippen molar-refractivity contribution >= 4 is 44.8 Å². The number of hydrogen-bond donors (Lipinski definition) is 0. The molecule has 0 radical (unpaired) electrons. The molecule has 0 saturated heterocycles. The summed E-state index contributed by atoms with van der Waals surface area (Å²) in [7, 11) is 0. The minimum absolute atomic E-state index is 0.0292. The lowest BCUT2D eigenvalue weighted by Crippen LogP contribution is -2.23. The van der Waals surface area contributed by atoms with Crippen LogP contribution in [-0.4, -0.2) is 36.3 Å². The van der Waals surface area contributed by atoms with Crippen molar-refractivity contribution in [2.24, 2.45) is 4.99 Å². The molecular formula is C19H18N2O5S2. The monoisotopic (exact) mass is 418 g/mol. The number of amides is 1. The van der Waals surface area contributed by atoms with E-state index in [0.717, 1.165) is 15.1 Å². The molecule has 2 aromatic heterocycles. The summed E-state index contributed by atoms with van der Waals surface area (Å²) in [4.78, 5) is 30.2. The topological polar surface area (TPSA) is 79.1 Å². The number of thiophene rings is 1. The number of thiazole rings is 1. The van der Waals surface area contributed by atoms with Crippen LogP contribution < -0.4 is 14.3 Å². The number of carbonyl (C=O) groups excluding carboxylic acids is 2. The average molecular weight is 418 g/mol. The van der Waals surface area contributed by atoms with E-state index in [4.69, 9.17) is 14.2 Å². The summed E-state index contributed by atoms with van der Waals surface area (Å²) in [5, 5.41) is 1.92. The normalized spacial score (nSPS) is 13.7. The Morgan fingerprint density at radius 3 is 2.75 bits per heavy atom. The number of nitrogens with zero attached hydrogens (tertiary/aromatic N) is 2. The molecule has 0 bridgehead atoms. The Morgan fingerprint density at radius 1 is 1.25 bits per heavy atom. The molecule has 7 nitrogen and oxygen atoms in total. The predicted molar refractivity (Wildman–Crippen MR) is 106 cm³/mol. The van der Waals surface area contributed by atoms with Crippen LogP contribution in [0.3, 0.4) is 0 Å². The van der Waals surface area contributed by atoms with Gasteiger partial charge in [0.15, 0.2) is 16.3 Å². The van der Waals surface area contributed by atoms with Gasteiger partial charge in [-0.2, -0.15) is 4.99 Å². The lowest BCUT2D eigenvalue weighted by atomic mass is 10.2. The van der Waals surface area contributed by atoms with Crippen molar-refractivity contribution < 1.29 is 23.8 Å². The maximum absolute atomic E-state index is 12.4. The van der Waals surface area contributed by atoms with Crippen molar-refractivity contribution in [3.63, 3.8) is 0 Å². The molecule has 0 atom stereocenters. The fraction of sp³-hybridized carbons (Fsp3) is 0.316. The summed E-state index contributed by atoms with van der Waals surface area (Å²) in [6.45, 7) is 2.97. The number of benzene rings is 1. The van der Waals surface area contributed by atoms with Gasteiger partial charge in [0.05, 0.1) is 23.2 Å². The third-order valence-corrected chi connectivity index (χ3v) is 5.98. The molecule has 9 heteroatoms. The van der Waals surface area contributed by atoms with Gasteiger partial charge in [-0.3, -0.25) is 9.59 Å². The second kappa shape index (κ2) is 8.15. The van der Waals surface area contributed by atoms with Gasteiger partial charge in [-0.15, -0.1) is 11.3 Å². The zero-order valence-corrected chi connectivity index (χ0v) is 16.8. The van der Waals surface area contributed by atoms with Gasteiger partial charge in [0.2, 0.25) is 0 Å². The summed E-state index contributed by atoms with van der Waals surface area (Å²) < 4.78 is 18.9. The molecule has 1 aliphatic heterocycles. The number of fused-ring (bicyclic) bond motifs is 2. The standard InChI is InChI=1S/C19H18N2O5S2/c1-2-24-18(23)11-21-13-9-14-15(26-6-5-25-14)10-16(13)28-19(21)20-17(22)8-12-4-3-7-27-12/h3-4,7,9-10H,2,5-6,8,11H2,1H3. The lowest BCUT2D eigenvalue weighted by Gasteiger charge is -2.18. The molecule has 0 saturated carbocycles. The highest BCUT2D eigenvalue weighted by molar-refractivity contribution is 7.16. The second-order valence-electron chi connectivity index (χ2n) is 6.00. The van der Waals surface area contributed by atoms with Crippen molar-refractivity contribution in [3.05, 3.63) is 39.3 Å². The number of rotatable bonds is 5. The predicted octanol–water partition coefficient (Wildman–Crippen LogP) is 2.77. The molecule has 0 aliphatic carbocycles. The van der Waals surface area contributed by atoms with E-state index in [0.29, 0.717) is 29.5 Å². The molecule has 0 N–H and O–H groups in total. The number of ether oxygens (including phenoxy) is 3. The van der Waals surface area contributed by atoms with E-state index in [9.17, 15) is 9.59 Å². The van der Waals surface area contributed by atoms with E-state index in [-0.39, 0.29) is 31.4 Å². The number of carbonyl (C=O) groups is 2. The van der Waals surface area contributed by atoms with Crippen LogP contribution in [0.15, 0.2) is 34.6 Å². The molecule has 146 valence electrons. The lowest BCUT2D eigenvalue weighted by molar-refractivity contribution is -0.143. The smallest absolute Gasteiger partial charge is 0.326 e. The zero-order chi connectivity index (χ0) is 19.5. The summed E-state index contributed by atoms with van der Waals surface area (Å²) >= 11 is 2.85. The van der Waals surface area contributed by atoms with Gasteiger partial charge in [0.25, 0.3) is 5.91 Å². The maximum atomic E-state index is 12.4. The summed E-state index contributed by atoms with van der Waals surface area (Å²) in [5.74, 6) is 0.624. The molecule has 28 heavy (non-hydrogen) atoms. The highest BCUT2D eigenvalue weighted by Crippen LogP contribution is 2.35. The van der Waals surface area contributed by atoms with Crippen LogP contribution in [0.4, 0.5) is 0 Å². The van der Waals surface area contributed by atoms with Crippen molar-refractivity contribution in [2.75, 3.05) is 19.8 Å². The third-order valence-electron chi connectivity index (χ3n) is 4.07. The molecular weight excluding hydrogens is 400 g/mol. The Bertz CT molecular complexity index is 1080. The maximum Gasteiger partial charge on any atom is 0.326 e. The van der Waals surface area contributed by atoms with Crippen LogP contribution in [0.1, 0.15) is 11.8 Å². The van der Waals surface area contributed by atoms with E-state index in [1.54, 1.807) is 11.5 Å². The third kappa shape index (κ3) is 3.95. The minimum Gasteiger partial charge on any atom is -0.486 e. The molecule has 4 rings (SSSR count). The Kier molecular flexibility index (Phi) is 5.45. The van der Waals surface area contributed by atoms with Crippen molar-refractivity contribution in [2.45, 2.75) is 19.9 Å². The molecule has 3 heterocycles. The number of aromatic nitrogens is 1. The number of esters is 1. The van der Waals surface area contributed by atoms with Crippen LogP contribution in [0.25, 0.3) is 10.2 Å². The first-order valence-electron chi connectivity index (χ1n) is 8.82. The van der Waals surface area contributed by atoms with Gasteiger partial charge in [-0.1, -0.05) is 17.4 Å². The largest absolute Gasteiger partial charge is 0.486 e. The fourth-order valence-corrected chi connectivity index (χ4v) is 4.64. The second-order valence-corrected chi connectivity index (χ2v) is 8.04. The molecule has 0 unspecified atom stereocenters. The Hall–Kier alpha value is -2.65. The van der Waals surface area contributed by atoms with Gasteiger partial charge < -0.3 is 18.8 Å². The Morgan fingerprint density at radius 2 is 2.04 bits per heavy atom. The number of hydrogen-bond acceptors (Lipinski definition) is 7. The van der Waals surface area contributed by atoms with Crippen LogP contribution in [0.5, 0.6) is 11.5 Å². The fourth-order valence-electron chi connectivity index (χ4n) is 2.89. The first-order chi connectivity index (χ1) is 13.6. The molecule has 1 aliphatic rings. The molecule has 1 amide bonds. The van der Waals surface area contributed by atoms with E-state index in [1.807, 2.05) is 29.6 Å². The van der Waals surface area contributed by atoms with Crippen molar-refractivity contribution in [3.8, 4) is 11.5 Å². The molecule has 1 aromatic carbocycles. The summed E-state index contributed by atoms with van der Waals surface area (Å²) in [5.41, 5.74) is 0.755. The minimum atomic E-state index is -0.385. The van der Waals surface area contributed by atoms with E-state index < -0.39 is 0 Å². The van der Waals surface area contributed by atoms with Crippen LogP contribution in [0.2, 0.25) is 0 Å². The van der Waals surface area contributed by atoms with Gasteiger partial charge in [0.1, 0.15) is 19.8 Å². The van der Waals surface area contributed by atoms with Gasteiger partial charge >= 0.3 is 5.97 Å². The van der Waals surface area contributed by atoms with E-state index in [2.05, 4.69) is 4.99 Å². The SMILES string of the molecule is CCOC(=O)Cn1c(=NC(=O)Cc2cccs2)sc2cc3c(cc21)OCCO3. The quantitative estimate of drug-likeness (QED) is 0.596. The van der Waals surface area contributed by atoms with Crippen LogP contribution in [0, 0.1) is 0 Å². The Balaban J connectivity index is 1.77. The zero-order valence-electron chi connectivity index (χ0n) is 15.2. The van der Waals surface area contributed by atoms with Crippen LogP contribution >= 0.6 is 22.7 Å². The van der Waals surface area contributed by atoms with Gasteiger partial charge in [0, 0.05) is 17.0 Å². The highest BCUT2D eigenvalue weighted by Gasteiger charge is 2.18. The molecule has 0 spiro atoms.